The Bertz CT molecular complexity index is 1220. The third-order valence-corrected chi connectivity index (χ3v) is 5.37. The molecule has 0 aliphatic rings. The van der Waals surface area contributed by atoms with Gasteiger partial charge >= 0.3 is 0 Å². The molecule has 3 N–H and O–H groups in total. The van der Waals surface area contributed by atoms with Crippen molar-refractivity contribution in [3.63, 3.8) is 0 Å². The van der Waals surface area contributed by atoms with E-state index >= 15 is 0 Å². The zero-order chi connectivity index (χ0) is 20.2. The lowest BCUT2D eigenvalue weighted by Gasteiger charge is -2.12. The van der Waals surface area contributed by atoms with Gasteiger partial charge in [-0.3, -0.25) is 4.79 Å². The molecular formula is C23H24N4OS. The lowest BCUT2D eigenvalue weighted by Crippen LogP contribution is -2.38. The first-order valence-electron chi connectivity index (χ1n) is 9.78. The minimum atomic E-state index is -0.0386. The number of thiocarbonyl (C=S) groups is 1. The highest BCUT2D eigenvalue weighted by molar-refractivity contribution is 7.80. The highest BCUT2D eigenvalue weighted by Crippen LogP contribution is 2.14. The summed E-state index contributed by atoms with van der Waals surface area (Å²) in [6.07, 6.45) is 2.71. The Balaban J connectivity index is 1.27. The molecule has 0 saturated carbocycles. The first-order valence-corrected chi connectivity index (χ1v) is 10.2. The summed E-state index contributed by atoms with van der Waals surface area (Å²) < 4.78 is 2.21. The van der Waals surface area contributed by atoms with Crippen molar-refractivity contribution in [1.82, 2.24) is 20.2 Å². The van der Waals surface area contributed by atoms with Gasteiger partial charge < -0.3 is 20.2 Å². The summed E-state index contributed by atoms with van der Waals surface area (Å²) in [6, 6.07) is 18.5. The Labute approximate surface area is 174 Å². The number of hydrogen-bond acceptors (Lipinski definition) is 2. The quantitative estimate of drug-likeness (QED) is 0.431. The van der Waals surface area contributed by atoms with Crippen LogP contribution in [-0.2, 0) is 13.0 Å². The number of fused-ring (bicyclic) bond motifs is 2. The zero-order valence-corrected chi connectivity index (χ0v) is 17.2. The van der Waals surface area contributed by atoms with Crippen molar-refractivity contribution in [2.45, 2.75) is 19.9 Å². The summed E-state index contributed by atoms with van der Waals surface area (Å²) in [4.78, 5) is 15.3. The summed E-state index contributed by atoms with van der Waals surface area (Å²) in [5.74, 6) is 0. The third-order valence-electron chi connectivity index (χ3n) is 5.08. The number of aromatic nitrogens is 2. The van der Waals surface area contributed by atoms with Crippen LogP contribution >= 0.6 is 12.2 Å². The lowest BCUT2D eigenvalue weighted by atomic mass is 10.1. The molecule has 0 aliphatic heterocycles. The summed E-state index contributed by atoms with van der Waals surface area (Å²) in [6.45, 7) is 4.19. The van der Waals surface area contributed by atoms with Crippen molar-refractivity contribution >= 4 is 39.1 Å². The number of aryl methyl sites for hydroxylation is 1. The van der Waals surface area contributed by atoms with Crippen LogP contribution in [0.4, 0.5) is 0 Å². The predicted octanol–water partition coefficient (Wildman–Crippen LogP) is 3.50. The molecule has 0 saturated heterocycles. The van der Waals surface area contributed by atoms with E-state index in [2.05, 4.69) is 50.6 Å². The van der Waals surface area contributed by atoms with E-state index in [4.69, 9.17) is 12.2 Å². The van der Waals surface area contributed by atoms with E-state index in [1.54, 1.807) is 0 Å². The number of benzene rings is 2. The van der Waals surface area contributed by atoms with Crippen molar-refractivity contribution in [3.8, 4) is 0 Å². The van der Waals surface area contributed by atoms with Gasteiger partial charge in [-0.25, -0.2) is 0 Å². The van der Waals surface area contributed by atoms with Gasteiger partial charge in [0, 0.05) is 42.4 Å². The smallest absolute Gasteiger partial charge is 0.251 e. The molecule has 148 valence electrons. The molecule has 2 aromatic heterocycles. The van der Waals surface area contributed by atoms with Gasteiger partial charge in [0.15, 0.2) is 5.11 Å². The normalized spacial score (nSPS) is 11.1. The van der Waals surface area contributed by atoms with Gasteiger partial charge in [0.1, 0.15) is 0 Å². The molecule has 2 aromatic carbocycles. The summed E-state index contributed by atoms with van der Waals surface area (Å²) >= 11 is 5.37. The fourth-order valence-electron chi connectivity index (χ4n) is 3.54. The molecule has 4 aromatic rings. The van der Waals surface area contributed by atoms with Crippen LogP contribution in [0.5, 0.6) is 0 Å². The fraction of sp³-hybridized carbons (Fsp3) is 0.217. The topological polar surface area (TPSA) is 61.9 Å². The van der Waals surface area contributed by atoms with E-state index in [1.165, 1.54) is 10.9 Å². The standard InChI is InChI=1S/C23H24N4OS/c1-16-6-7-18-15-19(22(28)26-20(18)14-16)8-10-24-23(29)25-11-13-27-12-9-17-4-2-3-5-21(17)27/h2-7,9,12,14-15H,8,10-11,13H2,1H3,(H,26,28)(H2,24,25,29). The van der Waals surface area contributed by atoms with Crippen molar-refractivity contribution in [2.24, 2.45) is 0 Å². The number of para-hydroxylation sites is 1. The fourth-order valence-corrected chi connectivity index (χ4v) is 3.75. The van der Waals surface area contributed by atoms with Crippen LogP contribution in [0.1, 0.15) is 11.1 Å². The highest BCUT2D eigenvalue weighted by atomic mass is 32.1. The number of rotatable bonds is 6. The van der Waals surface area contributed by atoms with Gasteiger partial charge in [-0.05, 0) is 66.2 Å². The number of pyridine rings is 1. The van der Waals surface area contributed by atoms with Crippen molar-refractivity contribution in [1.29, 1.82) is 0 Å². The maximum absolute atomic E-state index is 12.3. The molecule has 5 nitrogen and oxygen atoms in total. The Morgan fingerprint density at radius 1 is 1.03 bits per heavy atom. The molecule has 29 heavy (non-hydrogen) atoms. The molecule has 0 aliphatic carbocycles. The maximum atomic E-state index is 12.3. The molecule has 0 spiro atoms. The van der Waals surface area contributed by atoms with Crippen LogP contribution in [0, 0.1) is 6.92 Å². The molecule has 0 radical (unpaired) electrons. The van der Waals surface area contributed by atoms with Crippen LogP contribution in [0.15, 0.2) is 65.6 Å². The van der Waals surface area contributed by atoms with E-state index in [-0.39, 0.29) is 5.56 Å². The third kappa shape index (κ3) is 4.49. The lowest BCUT2D eigenvalue weighted by molar-refractivity contribution is 0.686. The minimum Gasteiger partial charge on any atom is -0.362 e. The van der Waals surface area contributed by atoms with Crippen molar-refractivity contribution in [2.75, 3.05) is 13.1 Å². The molecule has 0 amide bonds. The number of nitrogens with zero attached hydrogens (tertiary/aromatic N) is 1. The molecule has 6 heteroatoms. The Hall–Kier alpha value is -3.12. The Morgan fingerprint density at radius 2 is 1.86 bits per heavy atom. The maximum Gasteiger partial charge on any atom is 0.251 e. The van der Waals surface area contributed by atoms with Crippen LogP contribution in [-0.4, -0.2) is 27.8 Å². The summed E-state index contributed by atoms with van der Waals surface area (Å²) in [5.41, 5.74) is 3.95. The first-order chi connectivity index (χ1) is 14.1. The van der Waals surface area contributed by atoms with E-state index in [0.29, 0.717) is 18.1 Å². The number of nitrogens with one attached hydrogen (secondary N) is 3. The average Bonchev–Trinajstić information content (AvgIpc) is 3.12. The summed E-state index contributed by atoms with van der Waals surface area (Å²) in [5, 5.41) is 9.32. The van der Waals surface area contributed by atoms with Crippen LogP contribution in [0.2, 0.25) is 0 Å². The van der Waals surface area contributed by atoms with Gasteiger partial charge in [0.05, 0.1) is 0 Å². The zero-order valence-electron chi connectivity index (χ0n) is 16.4. The Kier molecular flexibility index (Phi) is 5.62. The molecule has 0 atom stereocenters. The molecule has 2 heterocycles. The van der Waals surface area contributed by atoms with E-state index in [1.807, 2.05) is 37.3 Å². The second-order valence-corrected chi connectivity index (χ2v) is 7.62. The van der Waals surface area contributed by atoms with Crippen LogP contribution in [0.25, 0.3) is 21.8 Å². The second-order valence-electron chi connectivity index (χ2n) is 7.22. The van der Waals surface area contributed by atoms with Crippen molar-refractivity contribution in [3.05, 3.63) is 82.3 Å². The minimum absolute atomic E-state index is 0.0386. The molecule has 4 rings (SSSR count). The van der Waals surface area contributed by atoms with Gasteiger partial charge in [-0.15, -0.1) is 0 Å². The monoisotopic (exact) mass is 404 g/mol. The van der Waals surface area contributed by atoms with Gasteiger partial charge in [-0.2, -0.15) is 0 Å². The van der Waals surface area contributed by atoms with E-state index in [0.717, 1.165) is 35.1 Å². The number of aromatic amines is 1. The number of hydrogen-bond donors (Lipinski definition) is 3. The van der Waals surface area contributed by atoms with E-state index in [9.17, 15) is 4.79 Å². The van der Waals surface area contributed by atoms with Gasteiger partial charge in [0.2, 0.25) is 0 Å². The van der Waals surface area contributed by atoms with Gasteiger partial charge in [-0.1, -0.05) is 30.3 Å². The van der Waals surface area contributed by atoms with Gasteiger partial charge in [0.25, 0.3) is 5.56 Å². The highest BCUT2D eigenvalue weighted by Gasteiger charge is 2.04. The largest absolute Gasteiger partial charge is 0.362 e. The van der Waals surface area contributed by atoms with Crippen molar-refractivity contribution < 1.29 is 0 Å². The van der Waals surface area contributed by atoms with Crippen LogP contribution in [0.3, 0.4) is 0 Å². The van der Waals surface area contributed by atoms with Crippen LogP contribution < -0.4 is 16.2 Å². The SMILES string of the molecule is Cc1ccc2cc(CCNC(=S)NCCn3ccc4ccccc43)c(=O)[nH]c2c1. The van der Waals surface area contributed by atoms with E-state index < -0.39 is 0 Å². The molecular weight excluding hydrogens is 380 g/mol. The first kappa shape index (κ1) is 19.2. The molecule has 0 unspecified atom stereocenters. The second kappa shape index (κ2) is 8.49. The predicted molar refractivity (Wildman–Crippen MR) is 124 cm³/mol. The Morgan fingerprint density at radius 3 is 2.76 bits per heavy atom. The summed E-state index contributed by atoms with van der Waals surface area (Å²) in [7, 11) is 0. The number of H-pyrrole nitrogens is 1. The average molecular weight is 405 g/mol. The molecule has 0 fully saturated rings. The molecule has 0 bridgehead atoms.